The summed E-state index contributed by atoms with van der Waals surface area (Å²) in [5.74, 6) is -0.111. The summed E-state index contributed by atoms with van der Waals surface area (Å²) in [4.78, 5) is 0.0574. The van der Waals surface area contributed by atoms with E-state index in [4.69, 9.17) is 22.5 Å². The molecule has 20 heavy (non-hydrogen) atoms. The Kier molecular flexibility index (Phi) is 4.22. The third kappa shape index (κ3) is 2.89. The first-order valence-electron chi connectivity index (χ1n) is 6.17. The lowest BCUT2D eigenvalue weighted by Crippen LogP contribution is -2.55. The molecule has 1 aliphatic rings. The third-order valence-corrected chi connectivity index (χ3v) is 5.26. The Morgan fingerprint density at radius 1 is 1.40 bits per heavy atom. The molecule has 0 spiro atoms. The highest BCUT2D eigenvalue weighted by Crippen LogP contribution is 2.31. The van der Waals surface area contributed by atoms with Crippen LogP contribution in [-0.2, 0) is 10.0 Å². The zero-order valence-corrected chi connectivity index (χ0v) is 12.3. The fourth-order valence-electron chi connectivity index (χ4n) is 2.44. The zero-order chi connectivity index (χ0) is 14.8. The number of nitrogens with one attached hydrogen (secondary N) is 1. The van der Waals surface area contributed by atoms with E-state index in [-0.39, 0.29) is 10.7 Å². The number of halogens is 1. The summed E-state index contributed by atoms with van der Waals surface area (Å²) in [6.07, 6.45) is 2.63. The molecule has 1 aromatic carbocycles. The van der Waals surface area contributed by atoms with Crippen LogP contribution in [0.5, 0.6) is 0 Å². The molecule has 0 bridgehead atoms. The SMILES string of the molecule is N/C(=N/O)C1(NS(=O)(=O)c2cccc(Cl)c2)CCCC1. The fraction of sp³-hybridized carbons (Fsp3) is 0.417. The van der Waals surface area contributed by atoms with Gasteiger partial charge in [-0.05, 0) is 31.0 Å². The van der Waals surface area contributed by atoms with E-state index in [0.29, 0.717) is 17.9 Å². The summed E-state index contributed by atoms with van der Waals surface area (Å²) in [7, 11) is -3.79. The van der Waals surface area contributed by atoms with Crippen molar-refractivity contribution in [3.05, 3.63) is 29.3 Å². The van der Waals surface area contributed by atoms with Gasteiger partial charge in [-0.25, -0.2) is 8.42 Å². The molecule has 0 aliphatic heterocycles. The average molecular weight is 318 g/mol. The quantitative estimate of drug-likeness (QED) is 0.340. The molecule has 0 heterocycles. The third-order valence-electron chi connectivity index (χ3n) is 3.49. The normalized spacial score (nSPS) is 19.1. The van der Waals surface area contributed by atoms with Crippen LogP contribution in [-0.4, -0.2) is 25.0 Å². The van der Waals surface area contributed by atoms with Crippen LogP contribution in [0.15, 0.2) is 34.3 Å². The van der Waals surface area contributed by atoms with Gasteiger partial charge >= 0.3 is 0 Å². The first-order valence-corrected chi connectivity index (χ1v) is 8.03. The maximum atomic E-state index is 12.4. The van der Waals surface area contributed by atoms with Crippen LogP contribution in [0.4, 0.5) is 0 Å². The van der Waals surface area contributed by atoms with Crippen LogP contribution in [0.25, 0.3) is 0 Å². The van der Waals surface area contributed by atoms with E-state index < -0.39 is 15.6 Å². The topological polar surface area (TPSA) is 105 Å². The average Bonchev–Trinajstić information content (AvgIpc) is 2.87. The van der Waals surface area contributed by atoms with Crippen molar-refractivity contribution in [2.75, 3.05) is 0 Å². The summed E-state index contributed by atoms with van der Waals surface area (Å²) in [6, 6.07) is 5.96. The van der Waals surface area contributed by atoms with Gasteiger partial charge in [0.1, 0.15) is 0 Å². The number of nitrogens with zero attached hydrogens (tertiary/aromatic N) is 1. The summed E-state index contributed by atoms with van der Waals surface area (Å²) >= 11 is 5.81. The number of rotatable bonds is 4. The second-order valence-electron chi connectivity index (χ2n) is 4.84. The summed E-state index contributed by atoms with van der Waals surface area (Å²) in [5.41, 5.74) is 4.66. The first kappa shape index (κ1) is 15.1. The molecule has 0 aromatic heterocycles. The Bertz CT molecular complexity index is 625. The Balaban J connectivity index is 2.36. The number of nitrogens with two attached hydrogens (primary N) is 1. The number of benzene rings is 1. The molecule has 110 valence electrons. The lowest BCUT2D eigenvalue weighted by molar-refractivity contribution is 0.309. The molecular weight excluding hydrogens is 302 g/mol. The van der Waals surface area contributed by atoms with Gasteiger partial charge in [0.25, 0.3) is 0 Å². The van der Waals surface area contributed by atoms with Gasteiger partial charge in [-0.15, -0.1) is 0 Å². The summed E-state index contributed by atoms with van der Waals surface area (Å²) in [6.45, 7) is 0. The van der Waals surface area contributed by atoms with Crippen molar-refractivity contribution < 1.29 is 13.6 Å². The molecule has 6 nitrogen and oxygen atoms in total. The second-order valence-corrected chi connectivity index (χ2v) is 6.96. The van der Waals surface area contributed by atoms with Crippen LogP contribution in [0.3, 0.4) is 0 Å². The maximum absolute atomic E-state index is 12.4. The van der Waals surface area contributed by atoms with Crippen LogP contribution >= 0.6 is 11.6 Å². The molecule has 1 saturated carbocycles. The molecular formula is C12H16ClN3O3S. The van der Waals surface area contributed by atoms with Gasteiger partial charge < -0.3 is 10.9 Å². The largest absolute Gasteiger partial charge is 0.409 e. The molecule has 0 amide bonds. The predicted molar refractivity (Wildman–Crippen MR) is 76.4 cm³/mol. The van der Waals surface area contributed by atoms with E-state index in [1.54, 1.807) is 12.1 Å². The standard InChI is InChI=1S/C12H16ClN3O3S/c13-9-4-3-5-10(8-9)20(18,19)16-12(11(14)15-17)6-1-2-7-12/h3-5,8,16-17H,1-2,6-7H2,(H2,14,15). The molecule has 0 saturated heterocycles. The number of amidine groups is 1. The van der Waals surface area contributed by atoms with Crippen molar-refractivity contribution >= 4 is 27.5 Å². The van der Waals surface area contributed by atoms with E-state index in [1.807, 2.05) is 0 Å². The number of oxime groups is 1. The van der Waals surface area contributed by atoms with E-state index in [9.17, 15) is 8.42 Å². The number of hydrogen-bond donors (Lipinski definition) is 3. The van der Waals surface area contributed by atoms with E-state index >= 15 is 0 Å². The van der Waals surface area contributed by atoms with Crippen molar-refractivity contribution in [3.63, 3.8) is 0 Å². The minimum Gasteiger partial charge on any atom is -0.409 e. The lowest BCUT2D eigenvalue weighted by atomic mass is 9.98. The molecule has 2 rings (SSSR count). The predicted octanol–water partition coefficient (Wildman–Crippen LogP) is 1.68. The second kappa shape index (κ2) is 5.59. The highest BCUT2D eigenvalue weighted by Gasteiger charge is 2.42. The van der Waals surface area contributed by atoms with Gasteiger partial charge in [-0.3, -0.25) is 0 Å². The van der Waals surface area contributed by atoms with E-state index in [2.05, 4.69) is 9.88 Å². The molecule has 4 N–H and O–H groups in total. The van der Waals surface area contributed by atoms with Crippen LogP contribution in [0.1, 0.15) is 25.7 Å². The van der Waals surface area contributed by atoms with E-state index in [0.717, 1.165) is 12.8 Å². The molecule has 1 fully saturated rings. The van der Waals surface area contributed by atoms with Crippen LogP contribution in [0, 0.1) is 0 Å². The minimum absolute atomic E-state index is 0.0574. The Morgan fingerprint density at radius 2 is 2.05 bits per heavy atom. The van der Waals surface area contributed by atoms with Gasteiger partial charge in [0.05, 0.1) is 10.4 Å². The zero-order valence-electron chi connectivity index (χ0n) is 10.7. The van der Waals surface area contributed by atoms with Crippen molar-refractivity contribution in [1.82, 2.24) is 4.72 Å². The summed E-state index contributed by atoms with van der Waals surface area (Å²) < 4.78 is 27.4. The van der Waals surface area contributed by atoms with E-state index in [1.165, 1.54) is 12.1 Å². The Labute approximate surface area is 122 Å². The molecule has 1 aliphatic carbocycles. The van der Waals surface area contributed by atoms with Gasteiger partial charge in [0, 0.05) is 5.02 Å². The highest BCUT2D eigenvalue weighted by atomic mass is 35.5. The number of hydrogen-bond acceptors (Lipinski definition) is 4. The van der Waals surface area contributed by atoms with Gasteiger partial charge in [0.15, 0.2) is 5.84 Å². The Morgan fingerprint density at radius 3 is 2.60 bits per heavy atom. The minimum atomic E-state index is -3.79. The summed E-state index contributed by atoms with van der Waals surface area (Å²) in [5, 5.41) is 12.2. The monoisotopic (exact) mass is 317 g/mol. The van der Waals surface area contributed by atoms with Crippen LogP contribution < -0.4 is 10.5 Å². The number of sulfonamides is 1. The fourth-order valence-corrected chi connectivity index (χ4v) is 4.17. The van der Waals surface area contributed by atoms with Gasteiger partial charge in [-0.2, -0.15) is 4.72 Å². The van der Waals surface area contributed by atoms with Crippen molar-refractivity contribution in [3.8, 4) is 0 Å². The van der Waals surface area contributed by atoms with Gasteiger partial charge in [0.2, 0.25) is 10.0 Å². The smallest absolute Gasteiger partial charge is 0.241 e. The van der Waals surface area contributed by atoms with Crippen molar-refractivity contribution in [2.45, 2.75) is 36.1 Å². The van der Waals surface area contributed by atoms with Crippen molar-refractivity contribution in [1.29, 1.82) is 0 Å². The maximum Gasteiger partial charge on any atom is 0.241 e. The molecule has 1 aromatic rings. The molecule has 0 radical (unpaired) electrons. The first-order chi connectivity index (χ1) is 9.39. The molecule has 0 atom stereocenters. The Hall–Kier alpha value is -1.31. The van der Waals surface area contributed by atoms with Crippen LogP contribution in [0.2, 0.25) is 5.02 Å². The van der Waals surface area contributed by atoms with Gasteiger partial charge in [-0.1, -0.05) is 35.7 Å². The molecule has 8 heteroatoms. The lowest BCUT2D eigenvalue weighted by Gasteiger charge is -2.28. The highest BCUT2D eigenvalue weighted by molar-refractivity contribution is 7.89. The molecule has 0 unspecified atom stereocenters. The van der Waals surface area contributed by atoms with Crippen molar-refractivity contribution in [2.24, 2.45) is 10.9 Å².